The van der Waals surface area contributed by atoms with E-state index in [0.717, 1.165) is 0 Å². The lowest BCUT2D eigenvalue weighted by atomic mass is 10.2. The van der Waals surface area contributed by atoms with Crippen molar-refractivity contribution >= 4 is 23.3 Å². The van der Waals surface area contributed by atoms with E-state index in [0.29, 0.717) is 23.8 Å². The number of carbonyl (C=O) groups is 2. The minimum absolute atomic E-state index is 0.399. The third kappa shape index (κ3) is 5.14. The summed E-state index contributed by atoms with van der Waals surface area (Å²) in [6.45, 7) is 0. The maximum absolute atomic E-state index is 10.4. The van der Waals surface area contributed by atoms with Gasteiger partial charge in [0.1, 0.15) is 0 Å². The molecule has 1 heterocycles. The van der Waals surface area contributed by atoms with Gasteiger partial charge in [-0.15, -0.1) is 0 Å². The average Bonchev–Trinajstić information content (AvgIpc) is 2.55. The molecule has 0 fully saturated rings. The zero-order valence-corrected chi connectivity index (χ0v) is 11.9. The highest BCUT2D eigenvalue weighted by Gasteiger charge is 2.16. The number of rotatable bonds is 4. The fourth-order valence-corrected chi connectivity index (χ4v) is 1.47. The smallest absolute Gasteiger partial charge is 0.276 e. The summed E-state index contributed by atoms with van der Waals surface area (Å²) in [6, 6.07) is 5.32. The van der Waals surface area contributed by atoms with Gasteiger partial charge in [0.05, 0.1) is 27.4 Å². The van der Waals surface area contributed by atoms with Crippen molar-refractivity contribution < 1.29 is 29.5 Å². The molecule has 0 saturated carbocycles. The lowest BCUT2D eigenvalue weighted by molar-refractivity contribution is -0.394. The number of carboxylic acid groups (broad SMARTS) is 1. The highest BCUT2D eigenvalue weighted by Crippen LogP contribution is 2.22. The number of carboxylic acids is 1. The number of nitro benzene ring substituents is 2. The van der Waals surface area contributed by atoms with Crippen molar-refractivity contribution in [3.05, 3.63) is 74.1 Å². The van der Waals surface area contributed by atoms with E-state index in [2.05, 4.69) is 4.98 Å². The third-order valence-electron chi connectivity index (χ3n) is 2.56. The number of nitro groups is 2. The Balaban J connectivity index is 0.000000272. The molecule has 1 aromatic carbocycles. The van der Waals surface area contributed by atoms with Crippen molar-refractivity contribution in [1.82, 2.24) is 0 Å². The van der Waals surface area contributed by atoms with Gasteiger partial charge in [0, 0.05) is 29.8 Å². The number of primary amides is 1. The molecule has 0 spiro atoms. The predicted molar refractivity (Wildman–Crippen MR) is 75.6 cm³/mol. The maximum Gasteiger partial charge on any atom is 0.276 e. The van der Waals surface area contributed by atoms with Crippen molar-refractivity contribution in [2.75, 3.05) is 0 Å². The van der Waals surface area contributed by atoms with E-state index in [9.17, 15) is 34.9 Å². The van der Waals surface area contributed by atoms with Gasteiger partial charge in [-0.3, -0.25) is 25.0 Å². The van der Waals surface area contributed by atoms with Crippen LogP contribution in [0.1, 0.15) is 20.7 Å². The number of hydrogen-bond donors (Lipinski definition) is 1. The Morgan fingerprint density at radius 1 is 0.917 bits per heavy atom. The fourth-order valence-electron chi connectivity index (χ4n) is 1.47. The summed E-state index contributed by atoms with van der Waals surface area (Å²) < 4.78 is 0. The molecule has 0 unspecified atom stereocenters. The largest absolute Gasteiger partial charge is 0.545 e. The van der Waals surface area contributed by atoms with Gasteiger partial charge in [0.2, 0.25) is 5.91 Å². The third-order valence-corrected chi connectivity index (χ3v) is 2.56. The number of amides is 1. The first kappa shape index (κ1) is 18.2. The number of nitrogens with zero attached hydrogens (tertiary/aromatic N) is 2. The second-order valence-corrected chi connectivity index (χ2v) is 4.19. The minimum Gasteiger partial charge on any atom is -0.545 e. The van der Waals surface area contributed by atoms with Crippen LogP contribution in [0.15, 0.2) is 42.7 Å². The number of aromatic nitrogens is 1. The lowest BCUT2D eigenvalue weighted by Gasteiger charge is -2.01. The van der Waals surface area contributed by atoms with Crippen LogP contribution in [0.5, 0.6) is 0 Å². The Morgan fingerprint density at radius 2 is 1.38 bits per heavy atom. The zero-order valence-electron chi connectivity index (χ0n) is 11.9. The van der Waals surface area contributed by atoms with Crippen molar-refractivity contribution in [1.29, 1.82) is 0 Å². The average molecular weight is 334 g/mol. The Morgan fingerprint density at radius 3 is 1.67 bits per heavy atom. The molecule has 124 valence electrons. The van der Waals surface area contributed by atoms with Crippen LogP contribution in [0.2, 0.25) is 0 Å². The molecular weight excluding hydrogens is 324 g/mol. The molecule has 0 bridgehead atoms. The number of carbonyl (C=O) groups excluding carboxylic acids is 2. The molecule has 11 heteroatoms. The van der Waals surface area contributed by atoms with Gasteiger partial charge >= 0.3 is 0 Å². The molecule has 0 radical (unpaired) electrons. The molecule has 0 saturated heterocycles. The van der Waals surface area contributed by atoms with Crippen LogP contribution in [-0.2, 0) is 0 Å². The van der Waals surface area contributed by atoms with Gasteiger partial charge in [-0.25, -0.2) is 4.98 Å². The van der Waals surface area contributed by atoms with Gasteiger partial charge in [-0.05, 0) is 0 Å². The molecule has 1 amide bonds. The first-order chi connectivity index (χ1) is 11.2. The first-order valence-electron chi connectivity index (χ1n) is 6.13. The maximum atomic E-state index is 10.4. The molecule has 11 nitrogen and oxygen atoms in total. The number of nitrogens with one attached hydrogen (secondary N) is 1. The molecule has 2 rings (SSSR count). The highest BCUT2D eigenvalue weighted by molar-refractivity contribution is 5.92. The van der Waals surface area contributed by atoms with Crippen LogP contribution in [0, 0.1) is 20.2 Å². The summed E-state index contributed by atoms with van der Waals surface area (Å²) in [5.74, 6) is -2.11. The van der Waals surface area contributed by atoms with Crippen LogP contribution in [-0.4, -0.2) is 21.7 Å². The van der Waals surface area contributed by atoms with E-state index >= 15 is 0 Å². The van der Waals surface area contributed by atoms with E-state index in [1.54, 1.807) is 24.5 Å². The summed E-state index contributed by atoms with van der Waals surface area (Å²) in [6.07, 6.45) is 3.31. The summed E-state index contributed by atoms with van der Waals surface area (Å²) >= 11 is 0. The zero-order chi connectivity index (χ0) is 18.3. The van der Waals surface area contributed by atoms with Crippen LogP contribution in [0.3, 0.4) is 0 Å². The van der Waals surface area contributed by atoms with Crippen molar-refractivity contribution in [2.45, 2.75) is 0 Å². The van der Waals surface area contributed by atoms with Gasteiger partial charge in [0.25, 0.3) is 11.4 Å². The Hall–Kier alpha value is -3.89. The summed E-state index contributed by atoms with van der Waals surface area (Å²) in [7, 11) is 0. The molecule has 3 N–H and O–H groups in total. The highest BCUT2D eigenvalue weighted by atomic mass is 16.6. The second kappa shape index (κ2) is 7.93. The van der Waals surface area contributed by atoms with Crippen LogP contribution in [0.25, 0.3) is 0 Å². The topological polar surface area (TPSA) is 184 Å². The van der Waals surface area contributed by atoms with Crippen molar-refractivity contribution in [3.63, 3.8) is 0 Å². The molecule has 0 atom stereocenters. The molecule has 0 aliphatic rings. The number of hydrogen-bond acceptors (Lipinski definition) is 7. The predicted octanol–water partition coefficient (Wildman–Crippen LogP) is -0.534. The molecular formula is C13H10N4O7. The van der Waals surface area contributed by atoms with E-state index in [1.807, 2.05) is 0 Å². The normalized spacial score (nSPS) is 9.33. The van der Waals surface area contributed by atoms with E-state index in [-0.39, 0.29) is 0 Å². The number of benzene rings is 1. The Labute approximate surface area is 133 Å². The number of aromatic carboxylic acids is 1. The van der Waals surface area contributed by atoms with Gasteiger partial charge in [0.15, 0.2) is 12.4 Å². The number of nitrogens with two attached hydrogens (primary N) is 1. The fraction of sp³-hybridized carbons (Fsp3) is 0. The SMILES string of the molecule is NC(=O)c1cc[nH+]cc1.O=C([O-])c1cc([N+](=O)[O-])cc([N+](=O)[O-])c1. The van der Waals surface area contributed by atoms with Gasteiger partial charge in [-0.2, -0.15) is 0 Å². The van der Waals surface area contributed by atoms with Crippen LogP contribution < -0.4 is 15.8 Å². The minimum atomic E-state index is -1.71. The number of non-ortho nitro benzene ring substituents is 2. The monoisotopic (exact) mass is 334 g/mol. The van der Waals surface area contributed by atoms with E-state index < -0.39 is 38.7 Å². The van der Waals surface area contributed by atoms with Gasteiger partial charge < -0.3 is 15.6 Å². The molecule has 2 aromatic rings. The Bertz CT molecular complexity index is 713. The second-order valence-electron chi connectivity index (χ2n) is 4.19. The standard InChI is InChI=1S/C7H4N2O6.C6H6N2O/c10-7(11)4-1-5(8(12)13)3-6(2-4)9(14)15;7-6(9)5-1-3-8-4-2-5/h1-3H,(H,10,11);1-4H,(H2,7,9). The summed E-state index contributed by atoms with van der Waals surface area (Å²) in [4.78, 5) is 42.4. The summed E-state index contributed by atoms with van der Waals surface area (Å²) in [5.41, 5.74) is 3.55. The number of pyridine rings is 1. The quantitative estimate of drug-likeness (QED) is 0.575. The van der Waals surface area contributed by atoms with E-state index in [1.165, 1.54) is 0 Å². The number of H-pyrrole nitrogens is 1. The van der Waals surface area contributed by atoms with Gasteiger partial charge in [-0.1, -0.05) is 0 Å². The molecule has 24 heavy (non-hydrogen) atoms. The number of aromatic amines is 1. The first-order valence-corrected chi connectivity index (χ1v) is 6.13. The van der Waals surface area contributed by atoms with Crippen molar-refractivity contribution in [2.24, 2.45) is 5.73 Å². The Kier molecular flexibility index (Phi) is 6.00. The molecule has 0 aliphatic carbocycles. The summed E-state index contributed by atoms with van der Waals surface area (Å²) in [5, 5.41) is 31.0. The van der Waals surface area contributed by atoms with Crippen LogP contribution >= 0.6 is 0 Å². The molecule has 1 aromatic heterocycles. The van der Waals surface area contributed by atoms with E-state index in [4.69, 9.17) is 5.73 Å². The molecule has 0 aliphatic heterocycles. The van der Waals surface area contributed by atoms with Crippen molar-refractivity contribution in [3.8, 4) is 0 Å². The lowest BCUT2D eigenvalue weighted by Crippen LogP contribution is -2.22. The van der Waals surface area contributed by atoms with Crippen LogP contribution in [0.4, 0.5) is 11.4 Å².